The summed E-state index contributed by atoms with van der Waals surface area (Å²) in [6.45, 7) is 5.86. The van der Waals surface area contributed by atoms with E-state index in [0.29, 0.717) is 0 Å². The van der Waals surface area contributed by atoms with E-state index >= 15 is 0 Å². The maximum absolute atomic E-state index is 5.99. The van der Waals surface area contributed by atoms with Crippen molar-refractivity contribution in [3.63, 3.8) is 0 Å². The molecule has 0 atom stereocenters. The number of pyridine rings is 1. The van der Waals surface area contributed by atoms with Crippen molar-refractivity contribution in [3.8, 4) is 0 Å². The van der Waals surface area contributed by atoms with Crippen LogP contribution in [0.1, 0.15) is 6.42 Å². The summed E-state index contributed by atoms with van der Waals surface area (Å²) < 4.78 is 5.36. The number of rotatable bonds is 5. The molecule has 3 N–H and O–H groups in total. The van der Waals surface area contributed by atoms with Crippen molar-refractivity contribution in [2.75, 3.05) is 50.4 Å². The van der Waals surface area contributed by atoms with E-state index in [1.165, 1.54) is 0 Å². The van der Waals surface area contributed by atoms with E-state index in [1.54, 1.807) is 6.20 Å². The Kier molecular flexibility index (Phi) is 4.52. The smallest absolute Gasteiger partial charge is 0.0953 e. The van der Waals surface area contributed by atoms with Gasteiger partial charge >= 0.3 is 0 Å². The summed E-state index contributed by atoms with van der Waals surface area (Å²) in [6.07, 6.45) is 2.92. The Labute approximate surface area is 125 Å². The number of anilines is 2. The van der Waals surface area contributed by atoms with Crippen LogP contribution in [-0.2, 0) is 4.74 Å². The van der Waals surface area contributed by atoms with Gasteiger partial charge in [0.25, 0.3) is 0 Å². The van der Waals surface area contributed by atoms with Gasteiger partial charge in [-0.25, -0.2) is 0 Å². The molecule has 1 aromatic carbocycles. The van der Waals surface area contributed by atoms with Crippen molar-refractivity contribution in [1.29, 1.82) is 0 Å². The SMILES string of the molecule is Nc1ccc(NCCCN2CCOCC2)c2ncccc12. The van der Waals surface area contributed by atoms with E-state index in [4.69, 9.17) is 10.5 Å². The van der Waals surface area contributed by atoms with Crippen LogP contribution < -0.4 is 11.1 Å². The molecule has 5 heteroatoms. The monoisotopic (exact) mass is 286 g/mol. The molecule has 5 nitrogen and oxygen atoms in total. The van der Waals surface area contributed by atoms with Gasteiger partial charge in [0.2, 0.25) is 0 Å². The van der Waals surface area contributed by atoms with Gasteiger partial charge in [-0.15, -0.1) is 0 Å². The molecule has 1 aromatic heterocycles. The molecule has 112 valence electrons. The second-order valence-electron chi connectivity index (χ2n) is 5.34. The first-order valence-corrected chi connectivity index (χ1v) is 7.52. The fourth-order valence-corrected chi connectivity index (χ4v) is 2.69. The fourth-order valence-electron chi connectivity index (χ4n) is 2.69. The van der Waals surface area contributed by atoms with Crippen molar-refractivity contribution in [3.05, 3.63) is 30.5 Å². The predicted molar refractivity (Wildman–Crippen MR) is 86.5 cm³/mol. The summed E-state index contributed by atoms with van der Waals surface area (Å²) in [5, 5.41) is 4.49. The Morgan fingerprint density at radius 1 is 1.24 bits per heavy atom. The molecule has 0 radical (unpaired) electrons. The van der Waals surface area contributed by atoms with Crippen LogP contribution in [0.25, 0.3) is 10.9 Å². The van der Waals surface area contributed by atoms with Gasteiger partial charge < -0.3 is 15.8 Å². The van der Waals surface area contributed by atoms with Gasteiger partial charge in [-0.3, -0.25) is 9.88 Å². The number of nitrogens with one attached hydrogen (secondary N) is 1. The van der Waals surface area contributed by atoms with Crippen molar-refractivity contribution >= 4 is 22.3 Å². The van der Waals surface area contributed by atoms with Crippen LogP contribution in [0.2, 0.25) is 0 Å². The quantitative estimate of drug-likeness (QED) is 0.650. The highest BCUT2D eigenvalue weighted by Gasteiger charge is 2.09. The highest BCUT2D eigenvalue weighted by atomic mass is 16.5. The summed E-state index contributed by atoms with van der Waals surface area (Å²) in [5.41, 5.74) is 8.77. The number of ether oxygens (including phenoxy) is 1. The van der Waals surface area contributed by atoms with Crippen LogP contribution in [-0.4, -0.2) is 49.3 Å². The summed E-state index contributed by atoms with van der Waals surface area (Å²) in [7, 11) is 0. The Bertz CT molecular complexity index is 596. The van der Waals surface area contributed by atoms with Crippen LogP contribution >= 0.6 is 0 Å². The number of nitrogen functional groups attached to an aromatic ring is 1. The number of aromatic nitrogens is 1. The third-order valence-electron chi connectivity index (χ3n) is 3.87. The van der Waals surface area contributed by atoms with Gasteiger partial charge in [-0.1, -0.05) is 0 Å². The average Bonchev–Trinajstić information content (AvgIpc) is 2.55. The Balaban J connectivity index is 1.57. The van der Waals surface area contributed by atoms with Crippen molar-refractivity contribution in [2.45, 2.75) is 6.42 Å². The molecule has 0 bridgehead atoms. The topological polar surface area (TPSA) is 63.4 Å². The normalized spacial score (nSPS) is 16.2. The number of morpholine rings is 1. The lowest BCUT2D eigenvalue weighted by atomic mass is 10.1. The third-order valence-corrected chi connectivity index (χ3v) is 3.87. The molecule has 3 rings (SSSR count). The highest BCUT2D eigenvalue weighted by Crippen LogP contribution is 2.26. The fraction of sp³-hybridized carbons (Fsp3) is 0.438. The lowest BCUT2D eigenvalue weighted by Gasteiger charge is -2.26. The maximum Gasteiger partial charge on any atom is 0.0953 e. The van der Waals surface area contributed by atoms with Crippen LogP contribution in [0.3, 0.4) is 0 Å². The van der Waals surface area contributed by atoms with Gasteiger partial charge in [0.1, 0.15) is 0 Å². The predicted octanol–water partition coefficient (Wildman–Crippen LogP) is 1.95. The van der Waals surface area contributed by atoms with E-state index in [-0.39, 0.29) is 0 Å². The minimum atomic E-state index is 0.775. The van der Waals surface area contributed by atoms with Crippen LogP contribution in [0, 0.1) is 0 Å². The van der Waals surface area contributed by atoms with Crippen molar-refractivity contribution < 1.29 is 4.74 Å². The summed E-state index contributed by atoms with van der Waals surface area (Å²) >= 11 is 0. The molecular weight excluding hydrogens is 264 g/mol. The number of nitrogens with two attached hydrogens (primary N) is 1. The van der Waals surface area contributed by atoms with Crippen LogP contribution in [0.4, 0.5) is 11.4 Å². The zero-order chi connectivity index (χ0) is 14.5. The number of hydrogen-bond acceptors (Lipinski definition) is 5. The second kappa shape index (κ2) is 6.74. The zero-order valence-corrected chi connectivity index (χ0v) is 12.2. The molecule has 1 aliphatic heterocycles. The van der Waals surface area contributed by atoms with E-state index in [2.05, 4.69) is 15.2 Å². The largest absolute Gasteiger partial charge is 0.398 e. The average molecular weight is 286 g/mol. The van der Waals surface area contributed by atoms with Gasteiger partial charge in [0, 0.05) is 36.9 Å². The highest BCUT2D eigenvalue weighted by molar-refractivity contribution is 5.98. The molecule has 0 spiro atoms. The Hall–Kier alpha value is -1.85. The number of hydrogen-bond donors (Lipinski definition) is 2. The third kappa shape index (κ3) is 3.43. The first kappa shape index (κ1) is 14.1. The lowest BCUT2D eigenvalue weighted by Crippen LogP contribution is -2.37. The minimum absolute atomic E-state index is 0.775. The zero-order valence-electron chi connectivity index (χ0n) is 12.2. The standard InChI is InChI=1S/C16H22N4O/c17-14-4-5-15(16-13(14)3-1-6-19-16)18-7-2-8-20-9-11-21-12-10-20/h1,3-6,18H,2,7-12,17H2. The molecule has 1 saturated heterocycles. The van der Waals surface area contributed by atoms with E-state index in [9.17, 15) is 0 Å². The van der Waals surface area contributed by atoms with E-state index in [0.717, 1.165) is 68.1 Å². The molecule has 1 fully saturated rings. The van der Waals surface area contributed by atoms with Gasteiger partial charge in [0.15, 0.2) is 0 Å². The Morgan fingerprint density at radius 2 is 2.10 bits per heavy atom. The molecule has 0 saturated carbocycles. The summed E-state index contributed by atoms with van der Waals surface area (Å²) in [6, 6.07) is 7.88. The van der Waals surface area contributed by atoms with Gasteiger partial charge in [-0.2, -0.15) is 0 Å². The van der Waals surface area contributed by atoms with E-state index < -0.39 is 0 Å². The molecule has 0 amide bonds. The first-order chi connectivity index (χ1) is 10.3. The molecule has 0 unspecified atom stereocenters. The molecule has 2 aromatic rings. The summed E-state index contributed by atoms with van der Waals surface area (Å²) in [5.74, 6) is 0. The van der Waals surface area contributed by atoms with Crippen molar-refractivity contribution in [2.24, 2.45) is 0 Å². The lowest BCUT2D eigenvalue weighted by molar-refractivity contribution is 0.0378. The number of benzene rings is 1. The number of fused-ring (bicyclic) bond motifs is 1. The second-order valence-corrected chi connectivity index (χ2v) is 5.34. The van der Waals surface area contributed by atoms with E-state index in [1.807, 2.05) is 24.3 Å². The molecule has 2 heterocycles. The minimum Gasteiger partial charge on any atom is -0.398 e. The Morgan fingerprint density at radius 3 is 2.95 bits per heavy atom. The number of nitrogens with zero attached hydrogens (tertiary/aromatic N) is 2. The molecule has 0 aliphatic carbocycles. The maximum atomic E-state index is 5.99. The first-order valence-electron chi connectivity index (χ1n) is 7.52. The molecule has 1 aliphatic rings. The van der Waals surface area contributed by atoms with Crippen LogP contribution in [0.5, 0.6) is 0 Å². The van der Waals surface area contributed by atoms with Gasteiger partial charge in [-0.05, 0) is 37.2 Å². The molecule has 21 heavy (non-hydrogen) atoms. The van der Waals surface area contributed by atoms with Crippen molar-refractivity contribution in [1.82, 2.24) is 9.88 Å². The molecular formula is C16H22N4O. The van der Waals surface area contributed by atoms with Crippen LogP contribution in [0.15, 0.2) is 30.5 Å². The summed E-state index contributed by atoms with van der Waals surface area (Å²) in [4.78, 5) is 6.89. The van der Waals surface area contributed by atoms with Gasteiger partial charge in [0.05, 0.1) is 24.4 Å².